The molecule has 2 N–H and O–H groups in total. The molecule has 2 aromatic rings. The fourth-order valence-electron chi connectivity index (χ4n) is 1.82. The molecule has 0 fully saturated rings. The van der Waals surface area contributed by atoms with Crippen LogP contribution in [0.2, 0.25) is 0 Å². The predicted molar refractivity (Wildman–Crippen MR) is 79.3 cm³/mol. The number of rotatable bonds is 3. The number of hydrogen-bond donors (Lipinski definition) is 2. The highest BCUT2D eigenvalue weighted by molar-refractivity contribution is 9.11. The Balaban J connectivity index is 2.53. The van der Waals surface area contributed by atoms with Gasteiger partial charge in [-0.15, -0.1) is 0 Å². The van der Waals surface area contributed by atoms with E-state index in [-0.39, 0.29) is 5.56 Å². The molecule has 2 rings (SSSR count). The topological polar surface area (TPSA) is 57.5 Å². The molecule has 0 aromatic heterocycles. The molecule has 0 saturated carbocycles. The molecule has 0 aliphatic rings. The van der Waals surface area contributed by atoms with Gasteiger partial charge in [-0.2, -0.15) is 0 Å². The summed E-state index contributed by atoms with van der Waals surface area (Å²) in [6.07, 6.45) is -1.00. The molecule has 1 unspecified atom stereocenters. The average Bonchev–Trinajstić information content (AvgIpc) is 2.40. The minimum Gasteiger partial charge on any atom is -0.478 e. The number of carboxylic acids is 1. The minimum absolute atomic E-state index is 0.0990. The lowest BCUT2D eigenvalue weighted by Crippen LogP contribution is -2.08. The first-order chi connectivity index (χ1) is 9.00. The molecule has 5 heteroatoms. The van der Waals surface area contributed by atoms with E-state index in [2.05, 4.69) is 31.9 Å². The molecule has 0 amide bonds. The van der Waals surface area contributed by atoms with Gasteiger partial charge in [0.2, 0.25) is 0 Å². The van der Waals surface area contributed by atoms with E-state index in [4.69, 9.17) is 5.11 Å². The van der Waals surface area contributed by atoms with Crippen molar-refractivity contribution in [2.75, 3.05) is 0 Å². The van der Waals surface area contributed by atoms with Gasteiger partial charge >= 0.3 is 5.97 Å². The fraction of sp³-hybridized carbons (Fsp3) is 0.0714. The van der Waals surface area contributed by atoms with E-state index in [9.17, 15) is 9.90 Å². The second-order valence-electron chi connectivity index (χ2n) is 3.96. The molecular weight excluding hydrogens is 376 g/mol. The van der Waals surface area contributed by atoms with Crippen molar-refractivity contribution in [1.82, 2.24) is 0 Å². The van der Waals surface area contributed by atoms with Crippen LogP contribution in [0.25, 0.3) is 0 Å². The van der Waals surface area contributed by atoms with Crippen molar-refractivity contribution in [2.24, 2.45) is 0 Å². The lowest BCUT2D eigenvalue weighted by atomic mass is 9.97. The van der Waals surface area contributed by atoms with Crippen LogP contribution in [0.15, 0.2) is 51.4 Å². The van der Waals surface area contributed by atoms with Crippen molar-refractivity contribution < 1.29 is 15.0 Å². The van der Waals surface area contributed by atoms with Crippen molar-refractivity contribution in [1.29, 1.82) is 0 Å². The van der Waals surface area contributed by atoms with Crippen LogP contribution in [0, 0.1) is 0 Å². The van der Waals surface area contributed by atoms with Gasteiger partial charge in [0, 0.05) is 14.5 Å². The molecule has 19 heavy (non-hydrogen) atoms. The molecule has 98 valence electrons. The average molecular weight is 386 g/mol. The Hall–Kier alpha value is -1.17. The molecule has 0 radical (unpaired) electrons. The van der Waals surface area contributed by atoms with E-state index < -0.39 is 12.1 Å². The summed E-state index contributed by atoms with van der Waals surface area (Å²) in [7, 11) is 0. The Morgan fingerprint density at radius 2 is 1.74 bits per heavy atom. The molecule has 1 atom stereocenters. The Bertz CT molecular complexity index is 626. The largest absolute Gasteiger partial charge is 0.478 e. The smallest absolute Gasteiger partial charge is 0.336 e. The van der Waals surface area contributed by atoms with Gasteiger partial charge < -0.3 is 10.2 Å². The van der Waals surface area contributed by atoms with Crippen LogP contribution in [-0.4, -0.2) is 16.2 Å². The monoisotopic (exact) mass is 384 g/mol. The van der Waals surface area contributed by atoms with Crippen LogP contribution in [0.1, 0.15) is 27.6 Å². The SMILES string of the molecule is O=C(O)c1ccccc1C(O)c1cc(Br)ccc1Br. The number of carbonyl (C=O) groups is 1. The molecule has 3 nitrogen and oxygen atoms in total. The first-order valence-corrected chi connectivity index (χ1v) is 7.04. The third-order valence-corrected chi connectivity index (χ3v) is 3.95. The van der Waals surface area contributed by atoms with Crippen molar-refractivity contribution in [3.63, 3.8) is 0 Å². The fourth-order valence-corrected chi connectivity index (χ4v) is 2.66. The maximum Gasteiger partial charge on any atom is 0.336 e. The van der Waals surface area contributed by atoms with Crippen molar-refractivity contribution in [3.05, 3.63) is 68.1 Å². The number of carboxylic acid groups (broad SMARTS) is 1. The quantitative estimate of drug-likeness (QED) is 0.839. The van der Waals surface area contributed by atoms with Crippen molar-refractivity contribution in [3.8, 4) is 0 Å². The third kappa shape index (κ3) is 3.05. The van der Waals surface area contributed by atoms with Gasteiger partial charge in [0.05, 0.1) is 5.56 Å². The van der Waals surface area contributed by atoms with E-state index in [1.807, 2.05) is 6.07 Å². The highest BCUT2D eigenvalue weighted by Gasteiger charge is 2.20. The standard InChI is InChI=1S/C14H10Br2O3/c15-8-5-6-12(16)11(7-8)13(17)9-3-1-2-4-10(9)14(18)19/h1-7,13,17H,(H,18,19). The van der Waals surface area contributed by atoms with Gasteiger partial charge in [-0.3, -0.25) is 0 Å². The molecule has 0 saturated heterocycles. The summed E-state index contributed by atoms with van der Waals surface area (Å²) < 4.78 is 1.54. The Morgan fingerprint density at radius 3 is 2.42 bits per heavy atom. The lowest BCUT2D eigenvalue weighted by Gasteiger charge is -2.15. The van der Waals surface area contributed by atoms with Crippen LogP contribution in [0.5, 0.6) is 0 Å². The summed E-state index contributed by atoms with van der Waals surface area (Å²) in [5.41, 5.74) is 1.08. The molecule has 2 aromatic carbocycles. The van der Waals surface area contributed by atoms with Crippen LogP contribution >= 0.6 is 31.9 Å². The molecule has 0 aliphatic heterocycles. The molecule has 0 heterocycles. The number of aromatic carboxylic acids is 1. The second-order valence-corrected chi connectivity index (χ2v) is 5.73. The number of aliphatic hydroxyl groups excluding tert-OH is 1. The molecular formula is C14H10Br2O3. The van der Waals surface area contributed by atoms with Gasteiger partial charge in [0.1, 0.15) is 6.10 Å². The number of aliphatic hydroxyl groups is 1. The maximum absolute atomic E-state index is 11.2. The summed E-state index contributed by atoms with van der Waals surface area (Å²) in [4.78, 5) is 11.2. The van der Waals surface area contributed by atoms with E-state index in [0.717, 1.165) is 8.95 Å². The van der Waals surface area contributed by atoms with Crippen LogP contribution in [0.3, 0.4) is 0 Å². The highest BCUT2D eigenvalue weighted by atomic mass is 79.9. The summed E-state index contributed by atoms with van der Waals surface area (Å²) in [5.74, 6) is -1.05. The lowest BCUT2D eigenvalue weighted by molar-refractivity contribution is 0.0691. The van der Waals surface area contributed by atoms with E-state index in [0.29, 0.717) is 11.1 Å². The normalized spacial score (nSPS) is 12.2. The molecule has 0 aliphatic carbocycles. The zero-order chi connectivity index (χ0) is 14.0. The summed E-state index contributed by atoms with van der Waals surface area (Å²) in [5, 5.41) is 19.6. The molecule has 0 bridgehead atoms. The Labute approximate surface area is 127 Å². The molecule has 0 spiro atoms. The first-order valence-electron chi connectivity index (χ1n) is 5.46. The van der Waals surface area contributed by atoms with E-state index in [1.165, 1.54) is 6.07 Å². The van der Waals surface area contributed by atoms with Crippen molar-refractivity contribution >= 4 is 37.8 Å². The zero-order valence-corrected chi connectivity index (χ0v) is 12.8. The summed E-state index contributed by atoms with van der Waals surface area (Å²) in [6.45, 7) is 0. The van der Waals surface area contributed by atoms with E-state index >= 15 is 0 Å². The maximum atomic E-state index is 11.2. The second kappa shape index (κ2) is 5.86. The number of hydrogen-bond acceptors (Lipinski definition) is 2. The Kier molecular flexibility index (Phi) is 4.39. The van der Waals surface area contributed by atoms with Gasteiger partial charge in [0.15, 0.2) is 0 Å². The minimum atomic E-state index is -1.05. The van der Waals surface area contributed by atoms with Crippen LogP contribution in [-0.2, 0) is 0 Å². The van der Waals surface area contributed by atoms with Gasteiger partial charge in [-0.05, 0) is 29.8 Å². The highest BCUT2D eigenvalue weighted by Crippen LogP contribution is 2.32. The number of halogens is 2. The summed E-state index contributed by atoms with van der Waals surface area (Å²) in [6, 6.07) is 11.8. The van der Waals surface area contributed by atoms with E-state index in [1.54, 1.807) is 30.3 Å². The Morgan fingerprint density at radius 1 is 1.05 bits per heavy atom. The predicted octanol–water partition coefficient (Wildman–Crippen LogP) is 3.99. The first kappa shape index (κ1) is 14.2. The summed E-state index contributed by atoms with van der Waals surface area (Å²) >= 11 is 6.70. The van der Waals surface area contributed by atoms with Crippen LogP contribution in [0.4, 0.5) is 0 Å². The van der Waals surface area contributed by atoms with Gasteiger partial charge in [-0.1, -0.05) is 50.1 Å². The van der Waals surface area contributed by atoms with Crippen LogP contribution < -0.4 is 0 Å². The third-order valence-electron chi connectivity index (χ3n) is 2.74. The van der Waals surface area contributed by atoms with Gasteiger partial charge in [0.25, 0.3) is 0 Å². The zero-order valence-electron chi connectivity index (χ0n) is 9.68. The number of benzene rings is 2. The van der Waals surface area contributed by atoms with Gasteiger partial charge in [-0.25, -0.2) is 4.79 Å². The van der Waals surface area contributed by atoms with Crippen molar-refractivity contribution in [2.45, 2.75) is 6.10 Å².